The van der Waals surface area contributed by atoms with Gasteiger partial charge in [-0.25, -0.2) is 4.79 Å². The molecule has 0 bridgehead atoms. The van der Waals surface area contributed by atoms with Crippen LogP contribution in [0.5, 0.6) is 5.75 Å². The number of urea groups is 1. The highest BCUT2D eigenvalue weighted by atomic mass is 16.3. The van der Waals surface area contributed by atoms with Crippen LogP contribution in [-0.4, -0.2) is 22.6 Å². The molecule has 116 valence electrons. The van der Waals surface area contributed by atoms with Crippen LogP contribution in [0.2, 0.25) is 0 Å². The Morgan fingerprint density at radius 1 is 1.27 bits per heavy atom. The first-order valence-electron chi connectivity index (χ1n) is 7.54. The van der Waals surface area contributed by atoms with Crippen LogP contribution in [0.25, 0.3) is 0 Å². The fourth-order valence-corrected chi connectivity index (χ4v) is 2.34. The summed E-state index contributed by atoms with van der Waals surface area (Å²) in [4.78, 5) is 14.2. The second-order valence-electron chi connectivity index (χ2n) is 5.73. The zero-order valence-electron chi connectivity index (χ0n) is 12.4. The van der Waals surface area contributed by atoms with E-state index in [1.807, 2.05) is 23.1 Å². The van der Waals surface area contributed by atoms with E-state index in [0.29, 0.717) is 19.0 Å². The van der Waals surface area contributed by atoms with Crippen molar-refractivity contribution in [2.45, 2.75) is 25.9 Å². The van der Waals surface area contributed by atoms with Gasteiger partial charge in [-0.1, -0.05) is 12.1 Å². The van der Waals surface area contributed by atoms with Gasteiger partial charge >= 0.3 is 6.03 Å². The highest BCUT2D eigenvalue weighted by molar-refractivity contribution is 5.74. The van der Waals surface area contributed by atoms with E-state index < -0.39 is 0 Å². The predicted molar refractivity (Wildman–Crippen MR) is 82.2 cm³/mol. The number of nitrogens with zero attached hydrogens (tertiary/aromatic N) is 1. The maximum absolute atomic E-state index is 12.4. The smallest absolute Gasteiger partial charge is 0.318 e. The molecule has 5 heteroatoms. The average molecular weight is 300 g/mol. The Kier molecular flexibility index (Phi) is 4.32. The van der Waals surface area contributed by atoms with Crippen molar-refractivity contribution in [3.05, 3.63) is 54.0 Å². The summed E-state index contributed by atoms with van der Waals surface area (Å²) in [6.45, 7) is 1.70. The first kappa shape index (κ1) is 14.5. The summed E-state index contributed by atoms with van der Waals surface area (Å²) in [6.07, 6.45) is 3.98. The van der Waals surface area contributed by atoms with E-state index in [-0.39, 0.29) is 11.8 Å². The van der Waals surface area contributed by atoms with E-state index in [0.717, 1.165) is 17.9 Å². The van der Waals surface area contributed by atoms with Crippen molar-refractivity contribution in [2.24, 2.45) is 5.92 Å². The summed E-state index contributed by atoms with van der Waals surface area (Å²) in [5.41, 5.74) is 1.01. The molecule has 0 radical (unpaired) electrons. The van der Waals surface area contributed by atoms with Gasteiger partial charge in [0.25, 0.3) is 0 Å². The Balaban J connectivity index is 1.60. The third-order valence-electron chi connectivity index (χ3n) is 3.77. The van der Waals surface area contributed by atoms with Gasteiger partial charge in [-0.3, -0.25) is 0 Å². The van der Waals surface area contributed by atoms with Crippen molar-refractivity contribution < 1.29 is 14.3 Å². The molecule has 0 unspecified atom stereocenters. The second-order valence-corrected chi connectivity index (χ2v) is 5.73. The third-order valence-corrected chi connectivity index (χ3v) is 3.77. The van der Waals surface area contributed by atoms with Crippen LogP contribution in [0, 0.1) is 5.92 Å². The van der Waals surface area contributed by atoms with E-state index in [4.69, 9.17) is 4.42 Å². The molecular weight excluding hydrogens is 280 g/mol. The van der Waals surface area contributed by atoms with Crippen LogP contribution in [0.4, 0.5) is 4.79 Å². The molecule has 0 atom stereocenters. The molecule has 2 N–H and O–H groups in total. The van der Waals surface area contributed by atoms with Gasteiger partial charge in [0, 0.05) is 13.1 Å². The minimum atomic E-state index is -0.0867. The zero-order chi connectivity index (χ0) is 15.4. The van der Waals surface area contributed by atoms with E-state index >= 15 is 0 Å². The van der Waals surface area contributed by atoms with E-state index in [9.17, 15) is 9.90 Å². The fourth-order valence-electron chi connectivity index (χ4n) is 2.34. The Labute approximate surface area is 129 Å². The van der Waals surface area contributed by atoms with E-state index in [1.54, 1.807) is 24.5 Å². The molecule has 1 fully saturated rings. The maximum Gasteiger partial charge on any atom is 0.318 e. The molecule has 22 heavy (non-hydrogen) atoms. The van der Waals surface area contributed by atoms with Crippen LogP contribution in [0.15, 0.2) is 47.1 Å². The molecule has 2 aromatic rings. The summed E-state index contributed by atoms with van der Waals surface area (Å²) in [7, 11) is 0. The summed E-state index contributed by atoms with van der Waals surface area (Å²) >= 11 is 0. The lowest BCUT2D eigenvalue weighted by Gasteiger charge is -2.23. The molecule has 5 nitrogen and oxygen atoms in total. The number of hydrogen-bond acceptors (Lipinski definition) is 3. The van der Waals surface area contributed by atoms with Crippen molar-refractivity contribution in [1.82, 2.24) is 10.2 Å². The molecule has 2 amide bonds. The topological polar surface area (TPSA) is 65.7 Å². The van der Waals surface area contributed by atoms with E-state index in [1.165, 1.54) is 12.8 Å². The molecule has 3 rings (SSSR count). The molecule has 1 heterocycles. The Bertz CT molecular complexity index is 603. The standard InChI is InChI=1S/C17H20N2O3/c20-15-7-5-14(6-8-15)12-19(11-13-3-4-13)17(21)18-10-16-2-1-9-22-16/h1-2,5-9,13,20H,3-4,10-12H2,(H,18,21). The van der Waals surface area contributed by atoms with Crippen LogP contribution in [0.3, 0.4) is 0 Å². The van der Waals surface area contributed by atoms with Gasteiger partial charge in [0.2, 0.25) is 0 Å². The molecular formula is C17H20N2O3. The predicted octanol–water partition coefficient (Wildman–Crippen LogP) is 3.11. The van der Waals surface area contributed by atoms with Crippen LogP contribution in [-0.2, 0) is 13.1 Å². The Hall–Kier alpha value is -2.43. The lowest BCUT2D eigenvalue weighted by molar-refractivity contribution is 0.191. The number of amides is 2. The molecule has 0 spiro atoms. The summed E-state index contributed by atoms with van der Waals surface area (Å²) in [6, 6.07) is 10.5. The molecule has 0 aliphatic heterocycles. The molecule has 1 aromatic carbocycles. The average Bonchev–Trinajstić information content (AvgIpc) is 3.18. The van der Waals surface area contributed by atoms with Crippen LogP contribution >= 0.6 is 0 Å². The van der Waals surface area contributed by atoms with Gasteiger partial charge < -0.3 is 19.7 Å². The van der Waals surface area contributed by atoms with Crippen molar-refractivity contribution in [3.8, 4) is 5.75 Å². The summed E-state index contributed by atoms with van der Waals surface area (Å²) in [5.74, 6) is 1.59. The van der Waals surface area contributed by atoms with Gasteiger partial charge in [-0.05, 0) is 48.6 Å². The SMILES string of the molecule is O=C(NCc1ccco1)N(Cc1ccc(O)cc1)CC1CC1. The molecule has 0 saturated heterocycles. The largest absolute Gasteiger partial charge is 0.508 e. The Morgan fingerprint density at radius 3 is 2.68 bits per heavy atom. The first-order chi connectivity index (χ1) is 10.7. The van der Waals surface area contributed by atoms with Crippen LogP contribution in [0.1, 0.15) is 24.2 Å². The highest BCUT2D eigenvalue weighted by Crippen LogP contribution is 2.30. The molecule has 1 aliphatic rings. The summed E-state index contributed by atoms with van der Waals surface area (Å²) in [5, 5.41) is 12.2. The number of nitrogens with one attached hydrogen (secondary N) is 1. The third kappa shape index (κ3) is 4.04. The number of furan rings is 1. The van der Waals surface area contributed by atoms with Gasteiger partial charge in [-0.2, -0.15) is 0 Å². The Morgan fingerprint density at radius 2 is 2.05 bits per heavy atom. The highest BCUT2D eigenvalue weighted by Gasteiger charge is 2.26. The van der Waals surface area contributed by atoms with Crippen molar-refractivity contribution in [2.75, 3.05) is 6.54 Å². The van der Waals surface area contributed by atoms with Gasteiger partial charge in [0.15, 0.2) is 0 Å². The number of benzene rings is 1. The van der Waals surface area contributed by atoms with Gasteiger partial charge in [0.05, 0.1) is 12.8 Å². The van der Waals surface area contributed by atoms with Gasteiger partial charge in [0.1, 0.15) is 11.5 Å². The number of phenols is 1. The van der Waals surface area contributed by atoms with E-state index in [2.05, 4.69) is 5.32 Å². The van der Waals surface area contributed by atoms with Crippen molar-refractivity contribution in [3.63, 3.8) is 0 Å². The van der Waals surface area contributed by atoms with Gasteiger partial charge in [-0.15, -0.1) is 0 Å². The fraction of sp³-hybridized carbons (Fsp3) is 0.353. The number of rotatable bonds is 6. The molecule has 1 aromatic heterocycles. The van der Waals surface area contributed by atoms with Crippen molar-refractivity contribution in [1.29, 1.82) is 0 Å². The minimum Gasteiger partial charge on any atom is -0.508 e. The first-order valence-corrected chi connectivity index (χ1v) is 7.54. The number of phenolic OH excluding ortho intramolecular Hbond substituents is 1. The number of hydrogen-bond donors (Lipinski definition) is 2. The second kappa shape index (κ2) is 6.56. The molecule has 1 saturated carbocycles. The number of carbonyl (C=O) groups excluding carboxylic acids is 1. The zero-order valence-corrected chi connectivity index (χ0v) is 12.4. The number of carbonyl (C=O) groups is 1. The number of aromatic hydroxyl groups is 1. The maximum atomic E-state index is 12.4. The monoisotopic (exact) mass is 300 g/mol. The molecule has 1 aliphatic carbocycles. The van der Waals surface area contributed by atoms with Crippen molar-refractivity contribution >= 4 is 6.03 Å². The lowest BCUT2D eigenvalue weighted by atomic mass is 10.2. The minimum absolute atomic E-state index is 0.0867. The lowest BCUT2D eigenvalue weighted by Crippen LogP contribution is -2.40. The normalized spacial score (nSPS) is 13.8. The summed E-state index contributed by atoms with van der Waals surface area (Å²) < 4.78 is 5.23. The quantitative estimate of drug-likeness (QED) is 0.861. The van der Waals surface area contributed by atoms with Crippen LogP contribution < -0.4 is 5.32 Å².